The summed E-state index contributed by atoms with van der Waals surface area (Å²) in [6.07, 6.45) is 0. The van der Waals surface area contributed by atoms with Crippen molar-refractivity contribution < 1.29 is 35.5 Å². The zero-order valence-electron chi connectivity index (χ0n) is 13.4. The van der Waals surface area contributed by atoms with Gasteiger partial charge in [-0.2, -0.15) is 8.78 Å². The van der Waals surface area contributed by atoms with Gasteiger partial charge >= 0.3 is 0 Å². The molecule has 0 bridgehead atoms. The Kier molecular flexibility index (Phi) is 4.70. The van der Waals surface area contributed by atoms with Gasteiger partial charge in [-0.25, -0.2) is 22.0 Å². The van der Waals surface area contributed by atoms with Gasteiger partial charge in [-0.1, -0.05) is 17.9 Å². The second-order valence-electron chi connectivity index (χ2n) is 5.34. The Labute approximate surface area is 148 Å². The van der Waals surface area contributed by atoms with Gasteiger partial charge in [0.25, 0.3) is 0 Å². The summed E-state index contributed by atoms with van der Waals surface area (Å²) in [6, 6.07) is 4.09. The molecular weight excluding hydrogens is 377 g/mol. The van der Waals surface area contributed by atoms with Crippen molar-refractivity contribution in [1.29, 1.82) is 0 Å². The minimum Gasteiger partial charge on any atom is -0.491 e. The summed E-state index contributed by atoms with van der Waals surface area (Å²) in [5.41, 5.74) is -1.16. The molecule has 0 aromatic heterocycles. The van der Waals surface area contributed by atoms with Gasteiger partial charge in [-0.15, -0.1) is 0 Å². The molecule has 0 unspecified atom stereocenters. The third-order valence-electron chi connectivity index (χ3n) is 3.73. The summed E-state index contributed by atoms with van der Waals surface area (Å²) in [6.45, 7) is 0. The van der Waals surface area contributed by atoms with E-state index in [4.69, 9.17) is 0 Å². The molecule has 0 amide bonds. The standard InChI is InChI=1S/C19H7F7O/c1-27-19-17(25)14(22)11(15(23)18(19)26)5-3-8-2-4-10-9(6-8)7-12(20)16(24)13(10)21/h2,4,6-7H,1H3. The third-order valence-corrected chi connectivity index (χ3v) is 3.73. The summed E-state index contributed by atoms with van der Waals surface area (Å²) < 4.78 is 99.6. The SMILES string of the molecule is COc1c(F)c(F)c(C#Cc2ccc3c(F)c(F)c(F)cc3c2)c(F)c1F. The van der Waals surface area contributed by atoms with Crippen molar-refractivity contribution in [3.63, 3.8) is 0 Å². The minimum atomic E-state index is -1.75. The van der Waals surface area contributed by atoms with Crippen molar-refractivity contribution in [2.75, 3.05) is 7.11 Å². The lowest BCUT2D eigenvalue weighted by Gasteiger charge is -2.07. The van der Waals surface area contributed by atoms with E-state index in [0.717, 1.165) is 19.2 Å². The molecular formula is C19H7F7O. The van der Waals surface area contributed by atoms with Crippen LogP contribution < -0.4 is 4.74 Å². The van der Waals surface area contributed by atoms with Crippen LogP contribution in [0.15, 0.2) is 24.3 Å². The maximum Gasteiger partial charge on any atom is 0.205 e. The molecule has 0 radical (unpaired) electrons. The molecule has 0 heterocycles. The Balaban J connectivity index is 2.13. The summed E-state index contributed by atoms with van der Waals surface area (Å²) in [4.78, 5) is 0. The van der Waals surface area contributed by atoms with Gasteiger partial charge in [0.15, 0.2) is 34.8 Å². The van der Waals surface area contributed by atoms with Crippen LogP contribution in [0.5, 0.6) is 5.75 Å². The first-order chi connectivity index (χ1) is 12.8. The quantitative estimate of drug-likeness (QED) is 0.242. The van der Waals surface area contributed by atoms with E-state index in [1.165, 1.54) is 6.07 Å². The van der Waals surface area contributed by atoms with E-state index in [1.807, 2.05) is 5.92 Å². The summed E-state index contributed by atoms with van der Waals surface area (Å²) in [5.74, 6) is -8.53. The number of hydrogen-bond acceptors (Lipinski definition) is 1. The number of ether oxygens (including phenoxy) is 1. The molecule has 138 valence electrons. The molecule has 3 rings (SSSR count). The molecule has 27 heavy (non-hydrogen) atoms. The van der Waals surface area contributed by atoms with Gasteiger partial charge in [0.1, 0.15) is 5.56 Å². The number of benzene rings is 3. The molecule has 0 saturated heterocycles. The molecule has 0 fully saturated rings. The zero-order valence-corrected chi connectivity index (χ0v) is 13.4. The van der Waals surface area contributed by atoms with Crippen molar-refractivity contribution in [3.05, 3.63) is 76.1 Å². The molecule has 0 aliphatic rings. The normalized spacial score (nSPS) is 10.7. The topological polar surface area (TPSA) is 9.23 Å². The molecule has 0 aliphatic heterocycles. The van der Waals surface area contributed by atoms with E-state index in [1.54, 1.807) is 0 Å². The Hall–Kier alpha value is -3.21. The van der Waals surface area contributed by atoms with Crippen LogP contribution in [-0.4, -0.2) is 7.11 Å². The fourth-order valence-corrected chi connectivity index (χ4v) is 2.42. The highest BCUT2D eigenvalue weighted by atomic mass is 19.2. The van der Waals surface area contributed by atoms with E-state index < -0.39 is 52.0 Å². The third kappa shape index (κ3) is 3.05. The van der Waals surface area contributed by atoms with E-state index in [9.17, 15) is 30.7 Å². The first-order valence-corrected chi connectivity index (χ1v) is 7.25. The largest absolute Gasteiger partial charge is 0.491 e. The molecule has 8 heteroatoms. The number of methoxy groups -OCH3 is 1. The van der Waals surface area contributed by atoms with Gasteiger partial charge < -0.3 is 4.74 Å². The van der Waals surface area contributed by atoms with E-state index in [-0.39, 0.29) is 16.3 Å². The minimum absolute atomic E-state index is 0.0170. The molecule has 3 aromatic carbocycles. The maximum absolute atomic E-state index is 13.9. The van der Waals surface area contributed by atoms with E-state index >= 15 is 0 Å². The van der Waals surface area contributed by atoms with Crippen molar-refractivity contribution in [1.82, 2.24) is 0 Å². The van der Waals surface area contributed by atoms with Crippen LogP contribution in [-0.2, 0) is 0 Å². The molecule has 0 spiro atoms. The van der Waals surface area contributed by atoms with Gasteiger partial charge in [-0.3, -0.25) is 0 Å². The van der Waals surface area contributed by atoms with Crippen LogP contribution in [0.4, 0.5) is 30.7 Å². The number of hydrogen-bond donors (Lipinski definition) is 0. The Bertz CT molecular complexity index is 1110. The highest BCUT2D eigenvalue weighted by molar-refractivity contribution is 5.84. The Morgan fingerprint density at radius 2 is 1.33 bits per heavy atom. The average Bonchev–Trinajstić information content (AvgIpc) is 2.65. The fourth-order valence-electron chi connectivity index (χ4n) is 2.42. The molecule has 1 nitrogen and oxygen atoms in total. The van der Waals surface area contributed by atoms with Crippen molar-refractivity contribution in [3.8, 4) is 17.6 Å². The summed E-state index contributed by atoms with van der Waals surface area (Å²) >= 11 is 0. The van der Waals surface area contributed by atoms with Gasteiger partial charge in [0, 0.05) is 10.9 Å². The number of rotatable bonds is 1. The molecule has 0 aliphatic carbocycles. The lowest BCUT2D eigenvalue weighted by Crippen LogP contribution is -2.04. The maximum atomic E-state index is 13.9. The van der Waals surface area contributed by atoms with Gasteiger partial charge in [-0.05, 0) is 23.6 Å². The first kappa shape index (κ1) is 18.6. The second kappa shape index (κ2) is 6.83. The predicted molar refractivity (Wildman–Crippen MR) is 82.6 cm³/mol. The van der Waals surface area contributed by atoms with Crippen molar-refractivity contribution in [2.24, 2.45) is 0 Å². The average molecular weight is 384 g/mol. The van der Waals surface area contributed by atoms with Crippen LogP contribution in [0.1, 0.15) is 11.1 Å². The lowest BCUT2D eigenvalue weighted by molar-refractivity contribution is 0.331. The second-order valence-corrected chi connectivity index (χ2v) is 5.34. The Morgan fingerprint density at radius 1 is 0.704 bits per heavy atom. The van der Waals surface area contributed by atoms with Crippen LogP contribution in [0.3, 0.4) is 0 Å². The lowest BCUT2D eigenvalue weighted by atomic mass is 10.1. The zero-order chi connectivity index (χ0) is 19.9. The van der Waals surface area contributed by atoms with Crippen molar-refractivity contribution in [2.45, 2.75) is 0 Å². The monoisotopic (exact) mass is 384 g/mol. The molecule has 0 saturated carbocycles. The highest BCUT2D eigenvalue weighted by Gasteiger charge is 2.25. The van der Waals surface area contributed by atoms with Crippen LogP contribution in [0.25, 0.3) is 10.8 Å². The highest BCUT2D eigenvalue weighted by Crippen LogP contribution is 2.29. The molecule has 3 aromatic rings. The fraction of sp³-hybridized carbons (Fsp3) is 0.0526. The van der Waals surface area contributed by atoms with Crippen LogP contribution in [0, 0.1) is 52.6 Å². The van der Waals surface area contributed by atoms with Crippen LogP contribution >= 0.6 is 0 Å². The van der Waals surface area contributed by atoms with Gasteiger partial charge in [0.05, 0.1) is 7.11 Å². The van der Waals surface area contributed by atoms with Crippen molar-refractivity contribution >= 4 is 10.8 Å². The predicted octanol–water partition coefficient (Wildman–Crippen LogP) is 5.22. The first-order valence-electron chi connectivity index (χ1n) is 7.25. The summed E-state index contributed by atoms with van der Waals surface area (Å²) in [5, 5.41) is -0.301. The summed E-state index contributed by atoms with van der Waals surface area (Å²) in [7, 11) is 0.835. The molecule has 0 N–H and O–H groups in total. The molecule has 0 atom stereocenters. The van der Waals surface area contributed by atoms with Gasteiger partial charge in [0.2, 0.25) is 11.6 Å². The number of halogens is 7. The smallest absolute Gasteiger partial charge is 0.205 e. The van der Waals surface area contributed by atoms with E-state index in [2.05, 4.69) is 10.7 Å². The van der Waals surface area contributed by atoms with Crippen LogP contribution in [0.2, 0.25) is 0 Å². The number of fused-ring (bicyclic) bond motifs is 1. The van der Waals surface area contributed by atoms with E-state index in [0.29, 0.717) is 6.07 Å². The Morgan fingerprint density at radius 3 is 1.93 bits per heavy atom.